The smallest absolute Gasteiger partial charge is 0.222 e. The Kier molecular flexibility index (Phi) is 5.53. The van der Waals surface area contributed by atoms with Gasteiger partial charge in [0, 0.05) is 18.8 Å². The molecule has 1 atom stereocenters. The lowest BCUT2D eigenvalue weighted by Gasteiger charge is -2.41. The number of nitrogens with two attached hydrogens (primary N) is 1. The second-order valence-electron chi connectivity index (χ2n) is 6.93. The van der Waals surface area contributed by atoms with Crippen molar-refractivity contribution in [3.8, 4) is 5.75 Å². The minimum absolute atomic E-state index is 0.239. The van der Waals surface area contributed by atoms with Gasteiger partial charge in [-0.15, -0.1) is 0 Å². The van der Waals surface area contributed by atoms with E-state index in [4.69, 9.17) is 15.2 Å². The number of hydrogen-bond donors (Lipinski definition) is 2. The molecule has 3 N–H and O–H groups in total. The first kappa shape index (κ1) is 19.1. The Labute approximate surface area is 170 Å². The number of nitrogens with one attached hydrogen (secondary N) is 1. The Morgan fingerprint density at radius 1 is 1.14 bits per heavy atom. The van der Waals surface area contributed by atoms with Crippen molar-refractivity contribution in [2.75, 3.05) is 43.6 Å². The zero-order valence-electron chi connectivity index (χ0n) is 16.7. The van der Waals surface area contributed by atoms with Gasteiger partial charge in [0.15, 0.2) is 0 Å². The third-order valence-corrected chi connectivity index (χ3v) is 4.89. The molecule has 2 heterocycles. The molecule has 1 unspecified atom stereocenters. The van der Waals surface area contributed by atoms with Crippen LogP contribution in [0.25, 0.3) is 0 Å². The first-order valence-electron chi connectivity index (χ1n) is 9.66. The highest BCUT2D eigenvalue weighted by Gasteiger charge is 2.32. The summed E-state index contributed by atoms with van der Waals surface area (Å²) < 4.78 is 11.0. The fourth-order valence-corrected chi connectivity index (χ4v) is 3.50. The van der Waals surface area contributed by atoms with Crippen LogP contribution in [0.3, 0.4) is 0 Å². The van der Waals surface area contributed by atoms with Gasteiger partial charge in [-0.25, -0.2) is 4.99 Å². The van der Waals surface area contributed by atoms with Crippen LogP contribution < -0.4 is 20.7 Å². The number of aliphatic imine (C=N–C) groups is 2. The van der Waals surface area contributed by atoms with Crippen molar-refractivity contribution in [3.05, 3.63) is 54.1 Å². The molecular weight excluding hydrogens is 368 g/mol. The maximum atomic E-state index is 6.12. The van der Waals surface area contributed by atoms with Crippen LogP contribution in [0, 0.1) is 6.92 Å². The summed E-state index contributed by atoms with van der Waals surface area (Å²) in [6.45, 7) is 4.87. The lowest BCUT2D eigenvalue weighted by molar-refractivity contribution is 0.0671. The zero-order valence-corrected chi connectivity index (χ0v) is 16.7. The summed E-state index contributed by atoms with van der Waals surface area (Å²) in [6, 6.07) is 16.0. The van der Waals surface area contributed by atoms with E-state index >= 15 is 0 Å². The third kappa shape index (κ3) is 4.12. The Morgan fingerprint density at radius 2 is 1.93 bits per heavy atom. The number of ether oxygens (including phenoxy) is 2. The van der Waals surface area contributed by atoms with E-state index in [2.05, 4.69) is 50.2 Å². The molecule has 1 saturated heterocycles. The number of rotatable bonds is 4. The van der Waals surface area contributed by atoms with Crippen LogP contribution in [0.15, 0.2) is 58.5 Å². The number of guanidine groups is 2. The van der Waals surface area contributed by atoms with E-state index in [1.807, 2.05) is 30.3 Å². The number of benzene rings is 2. The number of morpholine rings is 1. The summed E-state index contributed by atoms with van der Waals surface area (Å²) in [7, 11) is 1.65. The predicted octanol–water partition coefficient (Wildman–Crippen LogP) is 2.22. The van der Waals surface area contributed by atoms with Crippen LogP contribution in [0.4, 0.5) is 11.4 Å². The fourth-order valence-electron chi connectivity index (χ4n) is 3.50. The second kappa shape index (κ2) is 8.40. The maximum absolute atomic E-state index is 6.12. The summed E-state index contributed by atoms with van der Waals surface area (Å²) in [5.41, 5.74) is 9.09. The molecule has 0 bridgehead atoms. The maximum Gasteiger partial charge on any atom is 0.222 e. The van der Waals surface area contributed by atoms with Gasteiger partial charge >= 0.3 is 0 Å². The molecule has 0 radical (unpaired) electrons. The summed E-state index contributed by atoms with van der Waals surface area (Å²) in [5.74, 6) is 1.74. The lowest BCUT2D eigenvalue weighted by atomic mass is 10.2. The number of nitrogens with zero attached hydrogens (tertiary/aromatic N) is 4. The van der Waals surface area contributed by atoms with Crippen LogP contribution >= 0.6 is 0 Å². The van der Waals surface area contributed by atoms with E-state index in [1.165, 1.54) is 0 Å². The van der Waals surface area contributed by atoms with Gasteiger partial charge in [0.05, 0.1) is 26.0 Å². The van der Waals surface area contributed by atoms with Crippen molar-refractivity contribution < 1.29 is 9.47 Å². The molecule has 1 fully saturated rings. The van der Waals surface area contributed by atoms with Crippen LogP contribution in [0.1, 0.15) is 5.56 Å². The van der Waals surface area contributed by atoms with Crippen molar-refractivity contribution in [2.24, 2.45) is 15.7 Å². The van der Waals surface area contributed by atoms with E-state index < -0.39 is 6.29 Å². The third-order valence-electron chi connectivity index (χ3n) is 4.89. The minimum atomic E-state index is -0.469. The average Bonchev–Trinajstić information content (AvgIpc) is 2.74. The Balaban J connectivity index is 1.74. The van der Waals surface area contributed by atoms with Crippen molar-refractivity contribution in [1.29, 1.82) is 0 Å². The van der Waals surface area contributed by atoms with Gasteiger partial charge in [-0.2, -0.15) is 4.99 Å². The van der Waals surface area contributed by atoms with Crippen molar-refractivity contribution in [2.45, 2.75) is 13.2 Å². The van der Waals surface area contributed by atoms with Crippen molar-refractivity contribution in [3.63, 3.8) is 0 Å². The normalized spacial score (nSPS) is 19.4. The molecule has 0 amide bonds. The van der Waals surface area contributed by atoms with Crippen LogP contribution in [0.5, 0.6) is 5.75 Å². The number of hydrogen-bond acceptors (Lipinski definition) is 8. The lowest BCUT2D eigenvalue weighted by Crippen LogP contribution is -2.57. The number of aryl methyl sites for hydroxylation is 1. The van der Waals surface area contributed by atoms with Gasteiger partial charge in [0.2, 0.25) is 18.2 Å². The number of methoxy groups -OCH3 is 1. The molecule has 0 saturated carbocycles. The highest BCUT2D eigenvalue weighted by Crippen LogP contribution is 2.29. The van der Waals surface area contributed by atoms with Gasteiger partial charge in [0.1, 0.15) is 5.75 Å². The largest absolute Gasteiger partial charge is 0.495 e. The number of para-hydroxylation sites is 2. The molecular formula is C21H26N6O2. The van der Waals surface area contributed by atoms with Crippen molar-refractivity contribution in [1.82, 2.24) is 4.90 Å². The molecule has 2 aromatic rings. The van der Waals surface area contributed by atoms with E-state index in [0.717, 1.165) is 41.7 Å². The van der Waals surface area contributed by atoms with E-state index in [0.29, 0.717) is 13.2 Å². The zero-order chi connectivity index (χ0) is 20.2. The highest BCUT2D eigenvalue weighted by molar-refractivity contribution is 6.06. The molecule has 8 heteroatoms. The molecule has 29 heavy (non-hydrogen) atoms. The van der Waals surface area contributed by atoms with Gasteiger partial charge in [0.25, 0.3) is 0 Å². The minimum Gasteiger partial charge on any atom is -0.495 e. The van der Waals surface area contributed by atoms with Crippen molar-refractivity contribution >= 4 is 23.3 Å². The second-order valence-corrected chi connectivity index (χ2v) is 6.93. The van der Waals surface area contributed by atoms with Gasteiger partial charge in [-0.1, -0.05) is 24.3 Å². The molecule has 8 nitrogen and oxygen atoms in total. The summed E-state index contributed by atoms with van der Waals surface area (Å²) in [4.78, 5) is 13.4. The van der Waals surface area contributed by atoms with E-state index in [1.54, 1.807) is 7.11 Å². The monoisotopic (exact) mass is 394 g/mol. The molecule has 152 valence electrons. The molecule has 0 aliphatic carbocycles. The SMILES string of the molecule is COc1ccccc1NC1N=C(N)N=C(N2CCOCC2)N1c1cccc(C)c1. The summed E-state index contributed by atoms with van der Waals surface area (Å²) >= 11 is 0. The van der Waals surface area contributed by atoms with Gasteiger partial charge in [-0.3, -0.25) is 4.90 Å². The molecule has 2 aliphatic heterocycles. The number of anilines is 2. The molecule has 0 spiro atoms. The first-order valence-corrected chi connectivity index (χ1v) is 9.66. The molecule has 2 aliphatic rings. The predicted molar refractivity (Wildman–Crippen MR) is 116 cm³/mol. The highest BCUT2D eigenvalue weighted by atomic mass is 16.5. The molecule has 4 rings (SSSR count). The Bertz CT molecular complexity index is 923. The summed E-state index contributed by atoms with van der Waals surface area (Å²) in [6.07, 6.45) is -0.469. The summed E-state index contributed by atoms with van der Waals surface area (Å²) in [5, 5.41) is 3.46. The quantitative estimate of drug-likeness (QED) is 0.827. The standard InChI is InChI=1S/C21H26N6O2/c1-15-6-5-7-16(14-15)27-20(23-17-8-3-4-9-18(17)28-2)24-19(22)25-21(27)26-10-12-29-13-11-26/h3-9,14,20,23H,10-13H2,1-2H3,(H2,22,24). The molecule has 0 aromatic heterocycles. The van der Waals surface area contributed by atoms with Gasteiger partial charge < -0.3 is 25.4 Å². The van der Waals surface area contributed by atoms with Crippen LogP contribution in [0.2, 0.25) is 0 Å². The average molecular weight is 394 g/mol. The van der Waals surface area contributed by atoms with E-state index in [9.17, 15) is 0 Å². The van der Waals surface area contributed by atoms with Crippen LogP contribution in [-0.4, -0.2) is 56.5 Å². The Morgan fingerprint density at radius 3 is 2.69 bits per heavy atom. The molecule has 2 aromatic carbocycles. The fraction of sp³-hybridized carbons (Fsp3) is 0.333. The first-order chi connectivity index (χ1) is 14.2. The topological polar surface area (TPSA) is 87.7 Å². The van der Waals surface area contributed by atoms with Crippen LogP contribution in [-0.2, 0) is 4.74 Å². The van der Waals surface area contributed by atoms with E-state index in [-0.39, 0.29) is 5.96 Å². The Hall–Kier alpha value is -3.26. The van der Waals surface area contributed by atoms with Gasteiger partial charge in [-0.05, 0) is 36.8 Å².